The largest absolute Gasteiger partial charge is 1.00 e. The van der Waals surface area contributed by atoms with Gasteiger partial charge in [0.25, 0.3) is 0 Å². The normalized spacial score (nSPS) is 48.7. The smallest absolute Gasteiger partial charge is 1.00 e. The zero-order valence-corrected chi connectivity index (χ0v) is 31.0. The van der Waals surface area contributed by atoms with Crippen LogP contribution >= 0.6 is 0 Å². The number of hydrogen-bond acceptors (Lipinski definition) is 0. The molecule has 0 radical (unpaired) electrons. The maximum absolute atomic E-state index is 2.83. The SMILES string of the molecule is CC1=CC=CC2[CH]([Zr+2]([C]3=CC=CC3)=[C]3CCCC3)C3(C)C4(C)C=CC=CC4(C)C4(C)C=CC=CC4(C)C3(C)C12C.[Cl-].[Cl-]. The average molecular weight is 681 g/mol. The average Bonchev–Trinajstić information content (AvgIpc) is 3.68. The van der Waals surface area contributed by atoms with Gasteiger partial charge in [0.05, 0.1) is 0 Å². The van der Waals surface area contributed by atoms with Gasteiger partial charge in [0.15, 0.2) is 0 Å². The fourth-order valence-electron chi connectivity index (χ4n) is 12.6. The van der Waals surface area contributed by atoms with E-state index in [2.05, 4.69) is 140 Å². The summed E-state index contributed by atoms with van der Waals surface area (Å²) in [6.07, 6.45) is 42.2. The second kappa shape index (κ2) is 10.1. The maximum atomic E-state index is 2.83. The molecule has 0 spiro atoms. The molecule has 3 fully saturated rings. The van der Waals surface area contributed by atoms with E-state index >= 15 is 0 Å². The van der Waals surface area contributed by atoms with Crippen LogP contribution in [0.2, 0.25) is 3.63 Å². The minimum absolute atomic E-state index is 0. The summed E-state index contributed by atoms with van der Waals surface area (Å²) in [5.41, 5.74) is 1.85. The van der Waals surface area contributed by atoms with Crippen molar-refractivity contribution in [3.8, 4) is 0 Å². The van der Waals surface area contributed by atoms with Gasteiger partial charge in [-0.2, -0.15) is 0 Å². The summed E-state index contributed by atoms with van der Waals surface area (Å²) in [4.78, 5) is 0. The van der Waals surface area contributed by atoms with E-state index in [0.717, 1.165) is 3.63 Å². The van der Waals surface area contributed by atoms with E-state index in [-0.39, 0.29) is 62.7 Å². The Balaban J connectivity index is 0.00000176. The van der Waals surface area contributed by atoms with Crippen molar-refractivity contribution in [2.75, 3.05) is 0 Å². The first-order valence-electron chi connectivity index (χ1n) is 16.1. The Morgan fingerprint density at radius 1 is 0.667 bits per heavy atom. The van der Waals surface area contributed by atoms with Crippen LogP contribution in [0.5, 0.6) is 0 Å². The Labute approximate surface area is 276 Å². The summed E-state index contributed by atoms with van der Waals surface area (Å²) in [7, 11) is 0. The third-order valence-corrected chi connectivity index (χ3v) is 25.1. The second-order valence-corrected chi connectivity index (χ2v) is 22.4. The molecule has 0 bridgehead atoms. The summed E-state index contributed by atoms with van der Waals surface area (Å²) in [6, 6.07) is 0. The van der Waals surface area contributed by atoms with Crippen molar-refractivity contribution in [3.05, 3.63) is 93.9 Å². The van der Waals surface area contributed by atoms with Crippen molar-refractivity contribution in [2.45, 2.75) is 91.1 Å². The van der Waals surface area contributed by atoms with Gasteiger partial charge in [0, 0.05) is 0 Å². The molecule has 9 unspecified atom stereocenters. The molecule has 0 heterocycles. The van der Waals surface area contributed by atoms with Crippen molar-refractivity contribution in [1.29, 1.82) is 0 Å². The Hall–Kier alpha value is -0.747. The minimum Gasteiger partial charge on any atom is -1.00 e. The second-order valence-electron chi connectivity index (χ2n) is 15.6. The van der Waals surface area contributed by atoms with Crippen LogP contribution in [-0.2, 0) is 21.3 Å². The van der Waals surface area contributed by atoms with Crippen LogP contribution in [-0.4, -0.2) is 3.21 Å². The Morgan fingerprint density at radius 3 is 1.79 bits per heavy atom. The molecular weight excluding hydrogens is 631 g/mol. The van der Waals surface area contributed by atoms with Crippen LogP contribution in [0.3, 0.4) is 0 Å². The van der Waals surface area contributed by atoms with E-state index in [0.29, 0.717) is 5.92 Å². The van der Waals surface area contributed by atoms with E-state index in [1.165, 1.54) is 32.1 Å². The monoisotopic (exact) mass is 678 g/mol. The number of hydrogen-bond donors (Lipinski definition) is 0. The van der Waals surface area contributed by atoms with Crippen LogP contribution in [0, 0.1) is 43.8 Å². The Kier molecular flexibility index (Phi) is 7.87. The molecule has 0 aliphatic heterocycles. The van der Waals surface area contributed by atoms with Crippen molar-refractivity contribution >= 4 is 3.21 Å². The van der Waals surface area contributed by atoms with Gasteiger partial charge < -0.3 is 24.8 Å². The zero-order valence-electron chi connectivity index (χ0n) is 27.0. The first kappa shape index (κ1) is 32.6. The molecule has 7 aliphatic rings. The third-order valence-electron chi connectivity index (χ3n) is 15.5. The molecule has 224 valence electrons. The molecule has 0 aromatic rings. The van der Waals surface area contributed by atoms with E-state index in [9.17, 15) is 0 Å². The maximum Gasteiger partial charge on any atom is -1.00 e. The summed E-state index contributed by atoms with van der Waals surface area (Å²) >= 11 is -2.30. The Morgan fingerprint density at radius 2 is 1.21 bits per heavy atom. The van der Waals surface area contributed by atoms with E-state index < -0.39 is 21.3 Å². The molecule has 0 saturated heterocycles. The first-order chi connectivity index (χ1) is 18.9. The number of rotatable bonds is 2. The third kappa shape index (κ3) is 3.19. The van der Waals surface area contributed by atoms with E-state index in [4.69, 9.17) is 0 Å². The molecule has 42 heavy (non-hydrogen) atoms. The first-order valence-corrected chi connectivity index (χ1v) is 19.9. The van der Waals surface area contributed by atoms with Crippen LogP contribution < -0.4 is 24.8 Å². The van der Waals surface area contributed by atoms with Gasteiger partial charge in [-0.3, -0.25) is 0 Å². The van der Waals surface area contributed by atoms with Gasteiger partial charge in [-0.1, -0.05) is 0 Å². The molecule has 7 rings (SSSR count). The van der Waals surface area contributed by atoms with Crippen LogP contribution in [0.1, 0.15) is 87.5 Å². The van der Waals surface area contributed by atoms with E-state index in [1.807, 2.05) is 6.49 Å². The predicted octanol–water partition coefficient (Wildman–Crippen LogP) is 4.45. The quantitative estimate of drug-likeness (QED) is 0.405. The molecule has 0 nitrogen and oxygen atoms in total. The van der Waals surface area contributed by atoms with Crippen LogP contribution in [0.4, 0.5) is 0 Å². The fourth-order valence-corrected chi connectivity index (χ4v) is 24.3. The topological polar surface area (TPSA) is 0 Å². The minimum atomic E-state index is -2.30. The van der Waals surface area contributed by atoms with Crippen molar-refractivity contribution in [1.82, 2.24) is 0 Å². The molecule has 9 atom stereocenters. The van der Waals surface area contributed by atoms with Crippen LogP contribution in [0.15, 0.2) is 93.9 Å². The van der Waals surface area contributed by atoms with Crippen molar-refractivity contribution in [2.24, 2.45) is 43.8 Å². The molecule has 7 aliphatic carbocycles. The summed E-state index contributed by atoms with van der Waals surface area (Å²) in [5.74, 6) is 0.579. The van der Waals surface area contributed by atoms with Gasteiger partial charge in [-0.15, -0.1) is 0 Å². The van der Waals surface area contributed by atoms with Crippen LogP contribution in [0.25, 0.3) is 0 Å². The van der Waals surface area contributed by atoms with E-state index in [1.54, 1.807) is 5.57 Å². The van der Waals surface area contributed by atoms with Gasteiger partial charge in [-0.25, -0.2) is 0 Å². The number of halogens is 2. The molecule has 3 saturated carbocycles. The summed E-state index contributed by atoms with van der Waals surface area (Å²) in [5, 5.41) is 0. The molecule has 0 aromatic carbocycles. The predicted molar refractivity (Wildman–Crippen MR) is 169 cm³/mol. The number of fused-ring (bicyclic) bond motifs is 8. The molecule has 0 N–H and O–H groups in total. The van der Waals surface area contributed by atoms with Gasteiger partial charge >= 0.3 is 253 Å². The van der Waals surface area contributed by atoms with Gasteiger partial charge in [0.2, 0.25) is 0 Å². The standard InChI is InChI=1S/C29H37.C5H8.C5H5.2ClH.Zr/c1-21-14-13-15-22-20-27(6)25(4)18-10-9-16-23(25,2)24(3)17-11-12-19-26(24,5)29(27,8)28(21,22)7;2*1-2-4-5-3-1;;;/h9-20,22H,1-8H3;1-4H2;1-3H,4H2;2*1H;/q;;;;;+2/p-2. The molecule has 0 aromatic heterocycles. The van der Waals surface area contributed by atoms with Gasteiger partial charge in [-0.05, 0) is 0 Å². The summed E-state index contributed by atoms with van der Waals surface area (Å²) in [6.45, 7) is 21.5. The molecule has 0 amide bonds. The number of allylic oxidation sites excluding steroid dienone is 16. The summed E-state index contributed by atoms with van der Waals surface area (Å²) < 4.78 is 4.66. The molecular formula is C39H50Cl2Zr. The fraction of sp³-hybridized carbons (Fsp3) is 0.564. The molecule has 3 heteroatoms. The van der Waals surface area contributed by atoms with Gasteiger partial charge in [0.1, 0.15) is 0 Å². The van der Waals surface area contributed by atoms with Crippen molar-refractivity contribution < 1.29 is 46.1 Å². The zero-order chi connectivity index (χ0) is 28.4. The Bertz CT molecular complexity index is 1460. The van der Waals surface area contributed by atoms with Crippen molar-refractivity contribution in [3.63, 3.8) is 0 Å².